The van der Waals surface area contributed by atoms with E-state index in [0.717, 1.165) is 4.68 Å². The molecular weight excluding hydrogens is 298 g/mol. The van der Waals surface area contributed by atoms with E-state index in [0.29, 0.717) is 31.4 Å². The normalized spacial score (nSPS) is 21.6. The Morgan fingerprint density at radius 1 is 1.36 bits per heavy atom. The molecule has 1 heterocycles. The molecular formula is C13H18F2N4O3. The Morgan fingerprint density at radius 2 is 2.05 bits per heavy atom. The van der Waals surface area contributed by atoms with E-state index in [1.165, 1.54) is 12.4 Å². The molecule has 22 heavy (non-hydrogen) atoms. The molecule has 0 unspecified atom stereocenters. The van der Waals surface area contributed by atoms with E-state index in [-0.39, 0.29) is 12.0 Å². The summed E-state index contributed by atoms with van der Waals surface area (Å²) in [6.07, 6.45) is 2.39. The van der Waals surface area contributed by atoms with Crippen LogP contribution in [-0.4, -0.2) is 39.4 Å². The number of urea groups is 1. The van der Waals surface area contributed by atoms with Crippen LogP contribution in [0.3, 0.4) is 0 Å². The fraction of sp³-hybridized carbons (Fsp3) is 0.615. The summed E-state index contributed by atoms with van der Waals surface area (Å²) in [6, 6.07) is -0.526. The fourth-order valence-electron chi connectivity index (χ4n) is 2.51. The van der Waals surface area contributed by atoms with Gasteiger partial charge in [0.2, 0.25) is 0 Å². The van der Waals surface area contributed by atoms with Crippen molar-refractivity contribution in [2.45, 2.75) is 44.7 Å². The molecule has 0 atom stereocenters. The van der Waals surface area contributed by atoms with Crippen molar-refractivity contribution in [1.29, 1.82) is 0 Å². The zero-order valence-electron chi connectivity index (χ0n) is 11.8. The molecule has 2 rings (SSSR count). The van der Waals surface area contributed by atoms with Crippen molar-refractivity contribution in [3.05, 3.63) is 12.4 Å². The van der Waals surface area contributed by atoms with Crippen LogP contribution in [0.2, 0.25) is 0 Å². The Hall–Kier alpha value is -2.19. The molecule has 2 amide bonds. The van der Waals surface area contributed by atoms with Crippen molar-refractivity contribution in [2.75, 3.05) is 5.32 Å². The monoisotopic (exact) mass is 316 g/mol. The van der Waals surface area contributed by atoms with Gasteiger partial charge in [-0.3, -0.25) is 9.48 Å². The number of aliphatic carboxylic acids is 1. The number of carboxylic acids is 1. The van der Waals surface area contributed by atoms with Gasteiger partial charge in [-0.2, -0.15) is 5.10 Å². The van der Waals surface area contributed by atoms with Gasteiger partial charge in [0.1, 0.15) is 6.54 Å². The van der Waals surface area contributed by atoms with Crippen LogP contribution in [0.25, 0.3) is 0 Å². The van der Waals surface area contributed by atoms with Crippen molar-refractivity contribution >= 4 is 17.7 Å². The number of hydrogen-bond acceptors (Lipinski definition) is 3. The third-order valence-corrected chi connectivity index (χ3v) is 3.63. The Kier molecular flexibility index (Phi) is 5.29. The predicted molar refractivity (Wildman–Crippen MR) is 73.8 cm³/mol. The molecule has 0 aliphatic heterocycles. The second kappa shape index (κ2) is 7.19. The summed E-state index contributed by atoms with van der Waals surface area (Å²) in [5.41, 5.74) is 0.331. The topological polar surface area (TPSA) is 96.3 Å². The Balaban J connectivity index is 1.76. The highest BCUT2D eigenvalue weighted by Crippen LogP contribution is 2.24. The lowest BCUT2D eigenvalue weighted by Gasteiger charge is -2.26. The summed E-state index contributed by atoms with van der Waals surface area (Å²) in [5, 5.41) is 17.9. The lowest BCUT2D eigenvalue weighted by molar-refractivity contribution is -0.142. The second-order valence-electron chi connectivity index (χ2n) is 5.33. The van der Waals surface area contributed by atoms with Crippen LogP contribution in [0.15, 0.2) is 12.4 Å². The quantitative estimate of drug-likeness (QED) is 0.773. The smallest absolute Gasteiger partial charge is 0.319 e. The van der Waals surface area contributed by atoms with Gasteiger partial charge >= 0.3 is 12.0 Å². The molecule has 122 valence electrons. The molecule has 0 saturated heterocycles. The number of aromatic nitrogens is 2. The first-order valence-electron chi connectivity index (χ1n) is 7.05. The molecule has 0 aromatic carbocycles. The average Bonchev–Trinajstić information content (AvgIpc) is 2.85. The largest absolute Gasteiger partial charge is 0.481 e. The molecule has 0 radical (unpaired) electrons. The average molecular weight is 316 g/mol. The first kappa shape index (κ1) is 16.2. The van der Waals surface area contributed by atoms with Crippen molar-refractivity contribution in [3.8, 4) is 0 Å². The zero-order valence-corrected chi connectivity index (χ0v) is 11.8. The summed E-state index contributed by atoms with van der Waals surface area (Å²) in [5.74, 6) is -1.14. The number of anilines is 1. The van der Waals surface area contributed by atoms with Crippen LogP contribution >= 0.6 is 0 Å². The van der Waals surface area contributed by atoms with Crippen LogP contribution < -0.4 is 10.6 Å². The van der Waals surface area contributed by atoms with E-state index in [4.69, 9.17) is 5.11 Å². The lowest BCUT2D eigenvalue weighted by atomic mass is 9.86. The lowest BCUT2D eigenvalue weighted by Crippen LogP contribution is -2.40. The molecule has 0 spiro atoms. The van der Waals surface area contributed by atoms with Crippen molar-refractivity contribution < 1.29 is 23.5 Å². The van der Waals surface area contributed by atoms with Gasteiger partial charge in [0.25, 0.3) is 6.43 Å². The molecule has 7 nitrogen and oxygen atoms in total. The molecule has 0 bridgehead atoms. The van der Waals surface area contributed by atoms with Crippen molar-refractivity contribution in [1.82, 2.24) is 15.1 Å². The van der Waals surface area contributed by atoms with Gasteiger partial charge in [-0.15, -0.1) is 0 Å². The number of carboxylic acid groups (broad SMARTS) is 1. The van der Waals surface area contributed by atoms with Crippen molar-refractivity contribution in [2.24, 2.45) is 5.92 Å². The molecule has 1 aromatic heterocycles. The number of alkyl halides is 2. The Labute approximate surface area is 125 Å². The molecule has 9 heteroatoms. The van der Waals surface area contributed by atoms with Gasteiger partial charge in [-0.05, 0) is 25.7 Å². The summed E-state index contributed by atoms with van der Waals surface area (Å²) >= 11 is 0. The summed E-state index contributed by atoms with van der Waals surface area (Å²) < 4.78 is 25.4. The van der Waals surface area contributed by atoms with Gasteiger partial charge in [0, 0.05) is 12.2 Å². The Bertz CT molecular complexity index is 527. The minimum Gasteiger partial charge on any atom is -0.481 e. The van der Waals surface area contributed by atoms with Gasteiger partial charge in [-0.25, -0.2) is 13.6 Å². The second-order valence-corrected chi connectivity index (χ2v) is 5.33. The first-order chi connectivity index (χ1) is 10.4. The first-order valence-corrected chi connectivity index (χ1v) is 7.05. The van der Waals surface area contributed by atoms with E-state index in [2.05, 4.69) is 15.7 Å². The Morgan fingerprint density at radius 3 is 2.64 bits per heavy atom. The standard InChI is InChI=1S/C13H18F2N4O3/c14-11(15)7-19-6-10(5-16-19)18-13(22)17-9-3-1-8(2-4-9)12(20)21/h5-6,8-9,11H,1-4,7H2,(H,20,21)(H2,17,18,22). The summed E-state index contributed by atoms with van der Waals surface area (Å²) in [6.45, 7) is -0.525. The number of carbonyl (C=O) groups is 2. The number of nitrogens with one attached hydrogen (secondary N) is 2. The highest BCUT2D eigenvalue weighted by atomic mass is 19.3. The minimum absolute atomic E-state index is 0.0771. The third kappa shape index (κ3) is 4.68. The molecule has 3 N–H and O–H groups in total. The van der Waals surface area contributed by atoms with E-state index < -0.39 is 25.0 Å². The predicted octanol–water partition coefficient (Wildman–Crippen LogP) is 1.91. The van der Waals surface area contributed by atoms with Crippen LogP contribution in [0.1, 0.15) is 25.7 Å². The maximum atomic E-state index is 12.2. The van der Waals surface area contributed by atoms with Crippen LogP contribution in [-0.2, 0) is 11.3 Å². The van der Waals surface area contributed by atoms with Gasteiger partial charge < -0.3 is 15.7 Å². The van der Waals surface area contributed by atoms with Gasteiger partial charge in [-0.1, -0.05) is 0 Å². The number of amides is 2. The SMILES string of the molecule is O=C(Nc1cnn(CC(F)F)c1)NC1CCC(C(=O)O)CC1. The zero-order chi connectivity index (χ0) is 16.1. The highest BCUT2D eigenvalue weighted by molar-refractivity contribution is 5.89. The molecule has 1 saturated carbocycles. The molecule has 1 fully saturated rings. The number of rotatable bonds is 5. The fourth-order valence-corrected chi connectivity index (χ4v) is 2.51. The van der Waals surface area contributed by atoms with E-state index in [1.807, 2.05) is 0 Å². The van der Waals surface area contributed by atoms with E-state index >= 15 is 0 Å². The maximum Gasteiger partial charge on any atom is 0.319 e. The van der Waals surface area contributed by atoms with Crippen LogP contribution in [0.4, 0.5) is 19.3 Å². The molecule has 1 aliphatic rings. The number of halogens is 2. The van der Waals surface area contributed by atoms with Crippen molar-refractivity contribution in [3.63, 3.8) is 0 Å². The van der Waals surface area contributed by atoms with Gasteiger partial charge in [0.15, 0.2) is 0 Å². The van der Waals surface area contributed by atoms with E-state index in [1.54, 1.807) is 0 Å². The number of hydrogen-bond donors (Lipinski definition) is 3. The third-order valence-electron chi connectivity index (χ3n) is 3.63. The maximum absolute atomic E-state index is 12.2. The highest BCUT2D eigenvalue weighted by Gasteiger charge is 2.26. The van der Waals surface area contributed by atoms with Gasteiger partial charge in [0.05, 0.1) is 17.8 Å². The molecule has 1 aromatic rings. The molecule has 1 aliphatic carbocycles. The number of nitrogens with zero attached hydrogens (tertiary/aromatic N) is 2. The van der Waals surface area contributed by atoms with E-state index in [9.17, 15) is 18.4 Å². The van der Waals surface area contributed by atoms with Crippen LogP contribution in [0.5, 0.6) is 0 Å². The number of carbonyl (C=O) groups excluding carboxylic acids is 1. The summed E-state index contributed by atoms with van der Waals surface area (Å²) in [7, 11) is 0. The minimum atomic E-state index is -2.51. The van der Waals surface area contributed by atoms with Crippen LogP contribution in [0, 0.1) is 5.92 Å². The summed E-state index contributed by atoms with van der Waals surface area (Å²) in [4.78, 5) is 22.6.